The second-order valence-electron chi connectivity index (χ2n) is 10.6. The quantitative estimate of drug-likeness (QED) is 0.446. The summed E-state index contributed by atoms with van der Waals surface area (Å²) in [5.74, 6) is -2.68. The summed E-state index contributed by atoms with van der Waals surface area (Å²) in [6.07, 6.45) is 1.32. The van der Waals surface area contributed by atoms with Crippen molar-refractivity contribution in [2.45, 2.75) is 73.0 Å². The number of hydrogen-bond donors (Lipinski definition) is 1. The van der Waals surface area contributed by atoms with Crippen molar-refractivity contribution < 1.29 is 13.2 Å². The monoisotopic (exact) mass is 503 g/mol. The average Bonchev–Trinajstić information content (AvgIpc) is 2.76. The number of halogens is 3. The van der Waals surface area contributed by atoms with E-state index in [0.29, 0.717) is 43.3 Å². The number of likely N-dealkylation sites (tertiary alicyclic amines) is 1. The normalized spacial score (nSPS) is 17.0. The molecule has 2 aromatic heterocycles. The topological polar surface area (TPSA) is 63.1 Å². The lowest BCUT2D eigenvalue weighted by Gasteiger charge is -2.31. The molecule has 1 fully saturated rings. The number of benzene rings is 1. The summed E-state index contributed by atoms with van der Waals surface area (Å²) in [5, 5.41) is 3.89. The van der Waals surface area contributed by atoms with E-state index in [9.17, 15) is 18.0 Å². The van der Waals surface area contributed by atoms with Crippen molar-refractivity contribution in [3.05, 3.63) is 63.8 Å². The zero-order valence-corrected chi connectivity index (χ0v) is 20.6. The molecule has 0 unspecified atom stereocenters. The molecule has 3 heterocycles. The van der Waals surface area contributed by atoms with Gasteiger partial charge in [0, 0.05) is 62.2 Å². The molecule has 1 aromatic carbocycles. The van der Waals surface area contributed by atoms with Crippen LogP contribution in [0.3, 0.4) is 0 Å². The molecule has 1 atom stereocenters. The molecule has 196 valence electrons. The molecule has 0 amide bonds. The molecular formula is C27H36F3N5O. The molecule has 3 aromatic rings. The van der Waals surface area contributed by atoms with Crippen LogP contribution in [0.2, 0.25) is 0 Å². The molecule has 0 aliphatic carbocycles. The predicted molar refractivity (Wildman–Crippen MR) is 138 cm³/mol. The van der Waals surface area contributed by atoms with E-state index >= 15 is 0 Å². The van der Waals surface area contributed by atoms with Gasteiger partial charge in [-0.05, 0) is 30.0 Å². The van der Waals surface area contributed by atoms with E-state index in [4.69, 9.17) is 0 Å². The Morgan fingerprint density at radius 2 is 1.83 bits per heavy atom. The lowest BCUT2D eigenvalue weighted by molar-refractivity contribution is -0.0566. The minimum Gasteiger partial charge on any atom is -0.348 e. The second-order valence-corrected chi connectivity index (χ2v) is 10.6. The summed E-state index contributed by atoms with van der Waals surface area (Å²) in [6, 6.07) is 7.78. The first kappa shape index (κ1) is 27.6. The molecule has 1 aliphatic heterocycles. The van der Waals surface area contributed by atoms with Crippen LogP contribution in [0.1, 0.15) is 65.1 Å². The number of alkyl halides is 2. The van der Waals surface area contributed by atoms with Gasteiger partial charge in [0.1, 0.15) is 11.5 Å². The highest BCUT2D eigenvalue weighted by Crippen LogP contribution is 2.29. The van der Waals surface area contributed by atoms with Gasteiger partial charge < -0.3 is 5.32 Å². The van der Waals surface area contributed by atoms with Gasteiger partial charge in [0.15, 0.2) is 0 Å². The van der Waals surface area contributed by atoms with E-state index < -0.39 is 12.0 Å². The highest BCUT2D eigenvalue weighted by atomic mass is 19.3. The fourth-order valence-corrected chi connectivity index (χ4v) is 4.36. The Bertz CT molecular complexity index is 1260. The Balaban J connectivity index is 0.00000361. The molecule has 9 heteroatoms. The van der Waals surface area contributed by atoms with E-state index in [2.05, 4.69) is 15.3 Å². The largest absolute Gasteiger partial charge is 0.348 e. The van der Waals surface area contributed by atoms with Crippen molar-refractivity contribution in [2.75, 3.05) is 18.4 Å². The third-order valence-corrected chi connectivity index (χ3v) is 6.23. The third kappa shape index (κ3) is 6.63. The number of anilines is 1. The lowest BCUT2D eigenvalue weighted by Crippen LogP contribution is -2.38. The van der Waals surface area contributed by atoms with E-state index in [1.54, 1.807) is 22.9 Å². The van der Waals surface area contributed by atoms with Gasteiger partial charge in [-0.2, -0.15) is 4.98 Å². The summed E-state index contributed by atoms with van der Waals surface area (Å²) >= 11 is 0. The van der Waals surface area contributed by atoms with Gasteiger partial charge in [0.25, 0.3) is 11.5 Å². The first-order chi connectivity index (χ1) is 16.4. The summed E-state index contributed by atoms with van der Waals surface area (Å²) in [5.41, 5.74) is 1.47. The predicted octanol–water partition coefficient (Wildman–Crippen LogP) is 6.02. The van der Waals surface area contributed by atoms with Gasteiger partial charge in [-0.25, -0.2) is 18.2 Å². The van der Waals surface area contributed by atoms with Crippen LogP contribution in [0.4, 0.5) is 19.1 Å². The lowest BCUT2D eigenvalue weighted by atomic mass is 9.97. The number of nitrogens with zero attached hydrogens (tertiary/aromatic N) is 4. The van der Waals surface area contributed by atoms with Gasteiger partial charge in [-0.3, -0.25) is 14.3 Å². The van der Waals surface area contributed by atoms with Crippen LogP contribution in [0.5, 0.6) is 0 Å². The number of pyridine rings is 1. The Labute approximate surface area is 210 Å². The molecule has 1 saturated heterocycles. The molecule has 6 nitrogen and oxygen atoms in total. The molecule has 0 radical (unpaired) electrons. The van der Waals surface area contributed by atoms with Crippen LogP contribution in [0, 0.1) is 11.2 Å². The van der Waals surface area contributed by atoms with E-state index in [1.165, 1.54) is 12.1 Å². The Morgan fingerprint density at radius 1 is 1.14 bits per heavy atom. The van der Waals surface area contributed by atoms with Crippen molar-refractivity contribution in [3.63, 3.8) is 0 Å². The summed E-state index contributed by atoms with van der Waals surface area (Å²) in [6.45, 7) is 9.50. The maximum absolute atomic E-state index is 15.0. The Kier molecular flexibility index (Phi) is 8.13. The van der Waals surface area contributed by atoms with E-state index in [-0.39, 0.29) is 37.1 Å². The number of piperidine rings is 1. The van der Waals surface area contributed by atoms with Crippen LogP contribution in [-0.2, 0) is 13.1 Å². The van der Waals surface area contributed by atoms with Gasteiger partial charge in [-0.1, -0.05) is 40.3 Å². The number of aromatic nitrogens is 3. The van der Waals surface area contributed by atoms with Crippen molar-refractivity contribution >= 4 is 17.0 Å². The highest BCUT2D eigenvalue weighted by Gasteiger charge is 2.33. The standard InChI is InChI=1S/C26H32F3N5O.CH4/c1-17(20-7-5-18(13-21(20)27)15-33-11-9-26(28,29)10-12-33)31-24-30-14-19-6-8-22(35)34(23(19)32-24)16-25(2,3)4;/h5-8,13-14,17H,9-12,15-16H2,1-4H3,(H,30,31,32);1H4/t17-;/m0./s1. The minimum absolute atomic E-state index is 0. The summed E-state index contributed by atoms with van der Waals surface area (Å²) < 4.78 is 43.4. The molecule has 4 rings (SSSR count). The first-order valence-electron chi connectivity index (χ1n) is 11.9. The molecule has 0 bridgehead atoms. The minimum atomic E-state index is -2.60. The zero-order valence-electron chi connectivity index (χ0n) is 20.6. The van der Waals surface area contributed by atoms with Crippen LogP contribution in [0.15, 0.2) is 41.3 Å². The first-order valence-corrected chi connectivity index (χ1v) is 11.9. The van der Waals surface area contributed by atoms with Crippen molar-refractivity contribution in [2.24, 2.45) is 5.41 Å². The molecular weight excluding hydrogens is 467 g/mol. The summed E-state index contributed by atoms with van der Waals surface area (Å²) in [7, 11) is 0. The van der Waals surface area contributed by atoms with Gasteiger partial charge in [0.2, 0.25) is 5.95 Å². The van der Waals surface area contributed by atoms with Crippen LogP contribution in [-0.4, -0.2) is 38.4 Å². The van der Waals surface area contributed by atoms with Crippen LogP contribution >= 0.6 is 0 Å². The number of fused-ring (bicyclic) bond motifs is 1. The van der Waals surface area contributed by atoms with Gasteiger partial charge in [-0.15, -0.1) is 0 Å². The number of hydrogen-bond acceptors (Lipinski definition) is 5. The Morgan fingerprint density at radius 3 is 2.47 bits per heavy atom. The molecule has 0 spiro atoms. The van der Waals surface area contributed by atoms with Crippen molar-refractivity contribution in [1.82, 2.24) is 19.4 Å². The van der Waals surface area contributed by atoms with Crippen LogP contribution in [0.25, 0.3) is 11.0 Å². The van der Waals surface area contributed by atoms with Gasteiger partial charge >= 0.3 is 0 Å². The second kappa shape index (κ2) is 10.6. The van der Waals surface area contributed by atoms with E-state index in [0.717, 1.165) is 10.9 Å². The maximum atomic E-state index is 15.0. The SMILES string of the molecule is C.C[C@H](Nc1ncc2ccc(=O)n(CC(C)(C)C)c2n1)c1ccc(CN2CCC(F)(F)CC2)cc1F. The molecule has 1 N–H and O–H groups in total. The fourth-order valence-electron chi connectivity index (χ4n) is 4.36. The highest BCUT2D eigenvalue weighted by molar-refractivity contribution is 5.75. The number of nitrogens with one attached hydrogen (secondary N) is 1. The fraction of sp³-hybridized carbons (Fsp3) is 0.519. The smallest absolute Gasteiger partial charge is 0.252 e. The van der Waals surface area contributed by atoms with Crippen molar-refractivity contribution in [1.29, 1.82) is 0 Å². The zero-order chi connectivity index (χ0) is 25.4. The average molecular weight is 504 g/mol. The van der Waals surface area contributed by atoms with E-state index in [1.807, 2.05) is 38.7 Å². The Hall–Kier alpha value is -2.94. The molecule has 1 aliphatic rings. The summed E-state index contributed by atoms with van der Waals surface area (Å²) in [4.78, 5) is 23.4. The molecule has 36 heavy (non-hydrogen) atoms. The third-order valence-electron chi connectivity index (χ3n) is 6.23. The van der Waals surface area contributed by atoms with Gasteiger partial charge in [0.05, 0.1) is 6.04 Å². The van der Waals surface area contributed by atoms with Crippen LogP contribution < -0.4 is 10.9 Å². The molecule has 0 saturated carbocycles. The number of rotatable bonds is 6. The maximum Gasteiger partial charge on any atom is 0.252 e. The van der Waals surface area contributed by atoms with Crippen molar-refractivity contribution in [3.8, 4) is 0 Å².